The Labute approximate surface area is 182 Å². The van der Waals surface area contributed by atoms with Gasteiger partial charge in [-0.1, -0.05) is 27.7 Å². The topological polar surface area (TPSA) is 172 Å². The number of carbonyl (C=O) groups excluding carboxylic acids is 2. The lowest BCUT2D eigenvalue weighted by atomic mass is 10.1. The Morgan fingerprint density at radius 2 is 1.84 bits per heavy atom. The van der Waals surface area contributed by atoms with Crippen molar-refractivity contribution in [3.8, 4) is 0 Å². The van der Waals surface area contributed by atoms with Gasteiger partial charge in [0.15, 0.2) is 19.6 Å². The van der Waals surface area contributed by atoms with Crippen molar-refractivity contribution in [2.24, 2.45) is 17.6 Å². The van der Waals surface area contributed by atoms with Crippen molar-refractivity contribution in [3.05, 3.63) is 33.1 Å². The normalized spacial score (nSPS) is 26.4. The lowest BCUT2D eigenvalue weighted by Crippen LogP contribution is -2.45. The molecule has 0 saturated carbocycles. The van der Waals surface area contributed by atoms with Crippen LogP contribution in [0.2, 0.25) is 0 Å². The first-order chi connectivity index (χ1) is 14.8. The fourth-order valence-electron chi connectivity index (χ4n) is 2.77. The van der Waals surface area contributed by atoms with Crippen LogP contribution < -0.4 is 17.0 Å². The van der Waals surface area contributed by atoms with Gasteiger partial charge in [-0.3, -0.25) is 19.0 Å². The van der Waals surface area contributed by atoms with E-state index in [0.29, 0.717) is 9.13 Å². The summed E-state index contributed by atoms with van der Waals surface area (Å²) >= 11 is 0. The van der Waals surface area contributed by atoms with E-state index in [2.05, 4.69) is 0 Å². The van der Waals surface area contributed by atoms with E-state index in [0.717, 1.165) is 12.3 Å². The fourth-order valence-corrected chi connectivity index (χ4v) is 2.77. The molecule has 0 radical (unpaired) electrons. The standard InChI is InChI=1S/C19H28FN3O9/c1-9(2)12(21)17(28)31-8-23-11(24)5-6-22(18(23)29)15-13(25)14(26)19(20,32-15)7-30-16(27)10(3)4/h5-6,9-10,12-15,25-26H,7-8,21H2,1-4H3/t12-,13+,14-,15+,19+/m0/s1. The monoisotopic (exact) mass is 461 g/mol. The number of alkyl halides is 1. The van der Waals surface area contributed by atoms with Crippen LogP contribution in [0.1, 0.15) is 33.9 Å². The molecule has 1 saturated heterocycles. The summed E-state index contributed by atoms with van der Waals surface area (Å²) < 4.78 is 30.9. The maximum absolute atomic E-state index is 15.1. The second-order valence-corrected chi connectivity index (χ2v) is 8.13. The quantitative estimate of drug-likeness (QED) is 0.391. The molecule has 2 rings (SSSR count). The first kappa shape index (κ1) is 25.6. The number of halogens is 1. The van der Waals surface area contributed by atoms with Gasteiger partial charge in [-0.15, -0.1) is 0 Å². The number of hydrogen-bond donors (Lipinski definition) is 3. The Morgan fingerprint density at radius 3 is 2.41 bits per heavy atom. The fraction of sp³-hybridized carbons (Fsp3) is 0.684. The summed E-state index contributed by atoms with van der Waals surface area (Å²) in [5.41, 5.74) is 3.70. The predicted octanol–water partition coefficient (Wildman–Crippen LogP) is -1.39. The number of nitrogens with two attached hydrogens (primary N) is 1. The third kappa shape index (κ3) is 5.23. The average Bonchev–Trinajstić information content (AvgIpc) is 2.95. The molecule has 0 bridgehead atoms. The van der Waals surface area contributed by atoms with E-state index in [1.54, 1.807) is 13.8 Å². The number of aliphatic hydroxyl groups excluding tert-OH is 2. The number of nitrogens with zero attached hydrogens (tertiary/aromatic N) is 2. The van der Waals surface area contributed by atoms with Gasteiger partial charge in [-0.05, 0) is 5.92 Å². The SMILES string of the molecule is CC(C)C(=O)OC[C@@]1(F)O[C@@H](n2ccc(=O)n(COC(=O)[C@@H](N)C(C)C)c2=O)[C@H](O)[C@@H]1O. The number of aliphatic hydroxyl groups is 2. The highest BCUT2D eigenvalue weighted by Crippen LogP contribution is 2.38. The first-order valence-corrected chi connectivity index (χ1v) is 9.94. The van der Waals surface area contributed by atoms with E-state index >= 15 is 4.39 Å². The molecule has 180 valence electrons. The van der Waals surface area contributed by atoms with Crippen LogP contribution in [-0.2, 0) is 30.5 Å². The molecule has 0 amide bonds. The summed E-state index contributed by atoms with van der Waals surface area (Å²) in [5, 5.41) is 20.3. The first-order valence-electron chi connectivity index (χ1n) is 9.94. The number of hydrogen-bond acceptors (Lipinski definition) is 10. The molecule has 0 spiro atoms. The van der Waals surface area contributed by atoms with Crippen molar-refractivity contribution < 1.29 is 38.4 Å². The third-order valence-electron chi connectivity index (χ3n) is 4.95. The van der Waals surface area contributed by atoms with E-state index in [4.69, 9.17) is 19.9 Å². The Balaban J connectivity index is 2.25. The van der Waals surface area contributed by atoms with Crippen molar-refractivity contribution in [2.45, 2.75) is 64.8 Å². The van der Waals surface area contributed by atoms with Gasteiger partial charge in [0.1, 0.15) is 18.2 Å². The second kappa shape index (κ2) is 9.90. The number of esters is 2. The zero-order valence-corrected chi connectivity index (χ0v) is 18.1. The summed E-state index contributed by atoms with van der Waals surface area (Å²) in [7, 11) is 0. The van der Waals surface area contributed by atoms with Gasteiger partial charge < -0.3 is 30.2 Å². The Hall–Kier alpha value is -2.61. The maximum Gasteiger partial charge on any atom is 0.335 e. The van der Waals surface area contributed by atoms with Crippen LogP contribution in [0.5, 0.6) is 0 Å². The van der Waals surface area contributed by atoms with E-state index in [1.807, 2.05) is 0 Å². The number of aromatic nitrogens is 2. The maximum atomic E-state index is 15.1. The van der Waals surface area contributed by atoms with E-state index in [9.17, 15) is 29.4 Å². The highest BCUT2D eigenvalue weighted by atomic mass is 19.2. The molecule has 12 nitrogen and oxygen atoms in total. The van der Waals surface area contributed by atoms with Crippen molar-refractivity contribution in [1.29, 1.82) is 0 Å². The summed E-state index contributed by atoms with van der Waals surface area (Å²) in [4.78, 5) is 48.3. The van der Waals surface area contributed by atoms with Gasteiger partial charge >= 0.3 is 17.6 Å². The Kier molecular flexibility index (Phi) is 7.93. The average molecular weight is 461 g/mol. The summed E-state index contributed by atoms with van der Waals surface area (Å²) in [6.45, 7) is 4.58. The zero-order valence-electron chi connectivity index (χ0n) is 18.1. The van der Waals surface area contributed by atoms with Crippen molar-refractivity contribution in [1.82, 2.24) is 9.13 Å². The van der Waals surface area contributed by atoms with E-state index in [1.165, 1.54) is 13.8 Å². The Bertz CT molecular complexity index is 960. The number of carbonyl (C=O) groups is 2. The van der Waals surface area contributed by atoms with Gasteiger partial charge in [0, 0.05) is 12.3 Å². The summed E-state index contributed by atoms with van der Waals surface area (Å²) in [5.74, 6) is -5.44. The molecule has 4 N–H and O–H groups in total. The molecular formula is C19H28FN3O9. The molecular weight excluding hydrogens is 433 g/mol. The van der Waals surface area contributed by atoms with Gasteiger partial charge in [-0.25, -0.2) is 13.8 Å². The van der Waals surface area contributed by atoms with E-state index < -0.39 is 72.8 Å². The van der Waals surface area contributed by atoms with E-state index in [-0.39, 0.29) is 5.92 Å². The molecule has 5 atom stereocenters. The summed E-state index contributed by atoms with van der Waals surface area (Å²) in [6, 6.07) is -0.0793. The summed E-state index contributed by atoms with van der Waals surface area (Å²) in [6.07, 6.45) is -4.95. The minimum atomic E-state index is -3.01. The molecule has 0 aromatic carbocycles. The highest BCUT2D eigenvalue weighted by Gasteiger charge is 2.57. The molecule has 1 aromatic rings. The molecule has 0 unspecified atom stereocenters. The van der Waals surface area contributed by atoms with Gasteiger partial charge in [-0.2, -0.15) is 0 Å². The minimum Gasteiger partial charge on any atom is -0.459 e. The predicted molar refractivity (Wildman–Crippen MR) is 106 cm³/mol. The lowest BCUT2D eigenvalue weighted by Gasteiger charge is -2.23. The van der Waals surface area contributed by atoms with Crippen molar-refractivity contribution in [2.75, 3.05) is 6.61 Å². The number of rotatable bonds is 8. The van der Waals surface area contributed by atoms with Crippen LogP contribution in [0.15, 0.2) is 21.9 Å². The van der Waals surface area contributed by atoms with Crippen LogP contribution in [0.3, 0.4) is 0 Å². The zero-order chi connectivity index (χ0) is 24.4. The molecule has 0 aliphatic carbocycles. The van der Waals surface area contributed by atoms with Crippen molar-refractivity contribution >= 4 is 11.9 Å². The highest BCUT2D eigenvalue weighted by molar-refractivity contribution is 5.75. The largest absolute Gasteiger partial charge is 0.459 e. The molecule has 1 fully saturated rings. The van der Waals surface area contributed by atoms with Gasteiger partial charge in [0.2, 0.25) is 0 Å². The van der Waals surface area contributed by atoms with Gasteiger partial charge in [0.05, 0.1) is 5.92 Å². The molecule has 1 aromatic heterocycles. The molecule has 1 aliphatic rings. The molecule has 32 heavy (non-hydrogen) atoms. The third-order valence-corrected chi connectivity index (χ3v) is 4.95. The Morgan fingerprint density at radius 1 is 1.22 bits per heavy atom. The molecule has 1 aliphatic heterocycles. The smallest absolute Gasteiger partial charge is 0.335 e. The minimum absolute atomic E-state index is 0.252. The van der Waals surface area contributed by atoms with Crippen molar-refractivity contribution in [3.63, 3.8) is 0 Å². The van der Waals surface area contributed by atoms with Crippen LogP contribution in [0, 0.1) is 11.8 Å². The van der Waals surface area contributed by atoms with Crippen LogP contribution >= 0.6 is 0 Å². The lowest BCUT2D eigenvalue weighted by molar-refractivity contribution is -0.218. The number of ether oxygens (including phenoxy) is 3. The van der Waals surface area contributed by atoms with Crippen LogP contribution in [-0.4, -0.2) is 62.0 Å². The van der Waals surface area contributed by atoms with Gasteiger partial charge in [0.25, 0.3) is 11.4 Å². The second-order valence-electron chi connectivity index (χ2n) is 8.13. The van der Waals surface area contributed by atoms with Crippen LogP contribution in [0.25, 0.3) is 0 Å². The molecule has 2 heterocycles. The van der Waals surface area contributed by atoms with Crippen LogP contribution in [0.4, 0.5) is 4.39 Å². The molecule has 13 heteroatoms.